The number of thiophene rings is 1. The van der Waals surface area contributed by atoms with Crippen LogP contribution in [-0.2, 0) is 0 Å². The molecule has 0 aliphatic carbocycles. The van der Waals surface area contributed by atoms with Gasteiger partial charge in [-0.25, -0.2) is 0 Å². The van der Waals surface area contributed by atoms with E-state index < -0.39 is 0 Å². The van der Waals surface area contributed by atoms with Crippen LogP contribution in [0.3, 0.4) is 0 Å². The van der Waals surface area contributed by atoms with Crippen molar-refractivity contribution in [3.8, 4) is 33.4 Å². The number of hydrogen-bond acceptors (Lipinski definition) is 3. The normalized spacial score (nSPS) is 12.0. The van der Waals surface area contributed by atoms with Gasteiger partial charge in [0.05, 0.1) is 0 Å². The largest absolute Gasteiger partial charge is 0.456 e. The zero-order chi connectivity index (χ0) is 29.5. The van der Waals surface area contributed by atoms with E-state index in [0.717, 1.165) is 66.1 Å². The van der Waals surface area contributed by atoms with Crippen molar-refractivity contribution >= 4 is 75.4 Å². The minimum absolute atomic E-state index is 0.882. The summed E-state index contributed by atoms with van der Waals surface area (Å²) < 4.78 is 15.4. The van der Waals surface area contributed by atoms with Crippen LogP contribution in [0, 0.1) is 0 Å². The minimum atomic E-state index is 0.882. The Kier molecular flexibility index (Phi) is 5.19. The predicted molar refractivity (Wildman–Crippen MR) is 190 cm³/mol. The van der Waals surface area contributed by atoms with Crippen molar-refractivity contribution in [2.24, 2.45) is 0 Å². The lowest BCUT2D eigenvalue weighted by atomic mass is 9.93. The molecule has 0 aliphatic heterocycles. The molecule has 0 radical (unpaired) electrons. The monoisotopic (exact) mass is 592 g/mol. The van der Waals surface area contributed by atoms with Crippen molar-refractivity contribution in [1.29, 1.82) is 0 Å². The van der Waals surface area contributed by atoms with E-state index in [2.05, 4.69) is 133 Å². The molecule has 0 atom stereocenters. The van der Waals surface area contributed by atoms with Crippen LogP contribution < -0.4 is 0 Å². The standard InChI is InChI=1S/C42H24O2S/c1-3-11-35-31(7-1)32-21-19-28(24-38(32)43-35)30-10-6-13-37-42(30)41-29(9-5-12-36(41)44-37)26-17-15-25(16-18-26)27-20-22-40-34(23-27)33-8-2-4-14-39(33)45-40/h1-24H. The molecule has 0 aliphatic rings. The van der Waals surface area contributed by atoms with Crippen molar-refractivity contribution in [2.45, 2.75) is 0 Å². The summed E-state index contributed by atoms with van der Waals surface area (Å²) >= 11 is 1.85. The van der Waals surface area contributed by atoms with Crippen LogP contribution in [0.1, 0.15) is 0 Å². The van der Waals surface area contributed by atoms with Crippen LogP contribution in [0.25, 0.3) is 97.4 Å². The van der Waals surface area contributed by atoms with E-state index in [1.165, 1.54) is 31.3 Å². The first-order valence-corrected chi connectivity index (χ1v) is 16.0. The SMILES string of the molecule is c1ccc2c(c1)oc1cc(-c3cccc4oc5cccc(-c6ccc(-c7ccc8sc9ccccc9c8c7)cc6)c5c34)ccc12. The first kappa shape index (κ1) is 24.8. The lowest BCUT2D eigenvalue weighted by Gasteiger charge is -2.09. The molecule has 2 nitrogen and oxygen atoms in total. The van der Waals surface area contributed by atoms with Gasteiger partial charge >= 0.3 is 0 Å². The lowest BCUT2D eigenvalue weighted by molar-refractivity contribution is 0.668. The number of para-hydroxylation sites is 1. The van der Waals surface area contributed by atoms with Gasteiger partial charge in [-0.05, 0) is 81.9 Å². The van der Waals surface area contributed by atoms with E-state index in [4.69, 9.17) is 8.83 Å². The molecule has 45 heavy (non-hydrogen) atoms. The van der Waals surface area contributed by atoms with Crippen LogP contribution in [0.2, 0.25) is 0 Å². The Morgan fingerprint density at radius 3 is 1.73 bits per heavy atom. The molecule has 10 aromatic rings. The van der Waals surface area contributed by atoms with Crippen molar-refractivity contribution in [3.63, 3.8) is 0 Å². The molecular formula is C42H24O2S. The summed E-state index contributed by atoms with van der Waals surface area (Å²) in [7, 11) is 0. The van der Waals surface area contributed by atoms with Crippen LogP contribution in [0.15, 0.2) is 154 Å². The molecular weight excluding hydrogens is 569 g/mol. The molecule has 0 fully saturated rings. The molecule has 0 unspecified atom stereocenters. The second-order valence-corrected chi connectivity index (χ2v) is 12.7. The van der Waals surface area contributed by atoms with Gasteiger partial charge < -0.3 is 8.83 Å². The third-order valence-electron chi connectivity index (χ3n) is 9.12. The molecule has 0 spiro atoms. The van der Waals surface area contributed by atoms with Crippen molar-refractivity contribution in [1.82, 2.24) is 0 Å². The van der Waals surface area contributed by atoms with Gasteiger partial charge in [0.25, 0.3) is 0 Å². The minimum Gasteiger partial charge on any atom is -0.456 e. The summed E-state index contributed by atoms with van der Waals surface area (Å²) in [5.41, 5.74) is 10.6. The highest BCUT2D eigenvalue weighted by Gasteiger charge is 2.18. The summed E-state index contributed by atoms with van der Waals surface area (Å²) in [6, 6.07) is 51.9. The molecule has 10 rings (SSSR count). The Balaban J connectivity index is 1.11. The lowest BCUT2D eigenvalue weighted by Crippen LogP contribution is -1.84. The fraction of sp³-hybridized carbons (Fsp3) is 0. The van der Waals surface area contributed by atoms with Crippen molar-refractivity contribution < 1.29 is 8.83 Å². The highest BCUT2D eigenvalue weighted by atomic mass is 32.1. The Labute approximate surface area is 262 Å². The summed E-state index contributed by atoms with van der Waals surface area (Å²) in [5.74, 6) is 0. The van der Waals surface area contributed by atoms with Gasteiger partial charge in [0.15, 0.2) is 0 Å². The average Bonchev–Trinajstić information content (AvgIpc) is 3.78. The molecule has 0 N–H and O–H groups in total. The second kappa shape index (κ2) is 9.43. The Morgan fingerprint density at radius 2 is 0.911 bits per heavy atom. The van der Waals surface area contributed by atoms with Gasteiger partial charge in [-0.1, -0.05) is 97.1 Å². The first-order valence-electron chi connectivity index (χ1n) is 15.2. The molecule has 0 amide bonds. The summed E-state index contributed by atoms with van der Waals surface area (Å²) in [6.45, 7) is 0. The van der Waals surface area contributed by atoms with Crippen LogP contribution in [-0.4, -0.2) is 0 Å². The average molecular weight is 593 g/mol. The zero-order valence-corrected chi connectivity index (χ0v) is 24.9. The number of hydrogen-bond donors (Lipinski definition) is 0. The number of rotatable bonds is 3. The summed E-state index contributed by atoms with van der Waals surface area (Å²) in [6.07, 6.45) is 0. The molecule has 3 heterocycles. The molecule has 3 heteroatoms. The molecule has 7 aromatic carbocycles. The highest BCUT2D eigenvalue weighted by molar-refractivity contribution is 7.25. The van der Waals surface area contributed by atoms with Crippen LogP contribution in [0.5, 0.6) is 0 Å². The van der Waals surface area contributed by atoms with E-state index >= 15 is 0 Å². The smallest absolute Gasteiger partial charge is 0.136 e. The van der Waals surface area contributed by atoms with Crippen molar-refractivity contribution in [2.75, 3.05) is 0 Å². The Hall–Kier alpha value is -5.64. The fourth-order valence-electron chi connectivity index (χ4n) is 6.99. The summed E-state index contributed by atoms with van der Waals surface area (Å²) in [4.78, 5) is 0. The quantitative estimate of drug-likeness (QED) is 0.204. The molecule has 0 saturated heterocycles. The van der Waals surface area contributed by atoms with Crippen molar-refractivity contribution in [3.05, 3.63) is 146 Å². The fourth-order valence-corrected chi connectivity index (χ4v) is 8.08. The van der Waals surface area contributed by atoms with Crippen LogP contribution in [0.4, 0.5) is 0 Å². The molecule has 210 valence electrons. The van der Waals surface area contributed by atoms with Gasteiger partial charge in [0.1, 0.15) is 22.3 Å². The van der Waals surface area contributed by atoms with E-state index in [1.54, 1.807) is 0 Å². The maximum absolute atomic E-state index is 6.45. The van der Waals surface area contributed by atoms with Gasteiger partial charge in [0.2, 0.25) is 0 Å². The Bertz CT molecular complexity index is 2760. The van der Waals surface area contributed by atoms with Gasteiger partial charge in [-0.15, -0.1) is 11.3 Å². The van der Waals surface area contributed by atoms with E-state index in [-0.39, 0.29) is 0 Å². The summed E-state index contributed by atoms with van der Waals surface area (Å²) in [5, 5.41) is 7.17. The number of furan rings is 2. The maximum atomic E-state index is 6.45. The third kappa shape index (κ3) is 3.75. The number of fused-ring (bicyclic) bond motifs is 9. The molecule has 0 bridgehead atoms. The van der Waals surface area contributed by atoms with Gasteiger partial charge in [0, 0.05) is 41.7 Å². The Morgan fingerprint density at radius 1 is 0.333 bits per heavy atom. The topological polar surface area (TPSA) is 26.3 Å². The van der Waals surface area contributed by atoms with E-state index in [9.17, 15) is 0 Å². The van der Waals surface area contributed by atoms with Crippen LogP contribution >= 0.6 is 11.3 Å². The first-order chi connectivity index (χ1) is 22.3. The molecule has 0 saturated carbocycles. The predicted octanol–water partition coefficient (Wildman–Crippen LogP) is 12.9. The zero-order valence-electron chi connectivity index (χ0n) is 24.1. The van der Waals surface area contributed by atoms with Gasteiger partial charge in [-0.3, -0.25) is 0 Å². The maximum Gasteiger partial charge on any atom is 0.136 e. The number of benzene rings is 7. The van der Waals surface area contributed by atoms with E-state index in [1.807, 2.05) is 23.5 Å². The highest BCUT2D eigenvalue weighted by Crippen LogP contribution is 2.43. The van der Waals surface area contributed by atoms with Gasteiger partial charge in [-0.2, -0.15) is 0 Å². The second-order valence-electron chi connectivity index (χ2n) is 11.7. The third-order valence-corrected chi connectivity index (χ3v) is 10.3. The van der Waals surface area contributed by atoms with E-state index in [0.29, 0.717) is 0 Å². The molecule has 3 aromatic heterocycles.